The molecule has 2 N–H and O–H groups in total. The summed E-state index contributed by atoms with van der Waals surface area (Å²) in [4.78, 5) is 45.0. The van der Waals surface area contributed by atoms with Crippen molar-refractivity contribution in [2.45, 2.75) is 40.2 Å². The summed E-state index contributed by atoms with van der Waals surface area (Å²) >= 11 is 0. The van der Waals surface area contributed by atoms with Gasteiger partial charge < -0.3 is 24.6 Å². The number of aryl methyl sites for hydroxylation is 1. The van der Waals surface area contributed by atoms with Crippen LogP contribution < -0.4 is 0 Å². The Bertz CT molecular complexity index is 1150. The predicted octanol–water partition coefficient (Wildman–Crippen LogP) is 3.71. The topological polar surface area (TPSA) is 103 Å². The van der Waals surface area contributed by atoms with Crippen molar-refractivity contribution in [1.82, 2.24) is 14.8 Å². The molecule has 35 heavy (non-hydrogen) atoms. The number of ketones is 1. The molecule has 2 aromatic rings. The van der Waals surface area contributed by atoms with Gasteiger partial charge in [-0.1, -0.05) is 26.0 Å². The maximum Gasteiger partial charge on any atom is 0.354 e. The zero-order valence-corrected chi connectivity index (χ0v) is 20.8. The number of amides is 1. The van der Waals surface area contributed by atoms with Gasteiger partial charge in [0.25, 0.3) is 11.7 Å². The van der Waals surface area contributed by atoms with Crippen molar-refractivity contribution in [2.75, 3.05) is 33.3 Å². The number of aliphatic hydroxyl groups excluding tert-OH is 1. The van der Waals surface area contributed by atoms with Crippen LogP contribution >= 0.6 is 0 Å². The van der Waals surface area contributed by atoms with Crippen molar-refractivity contribution in [2.24, 2.45) is 0 Å². The summed E-state index contributed by atoms with van der Waals surface area (Å²) in [5.41, 5.74) is 1.68. The number of aromatic amines is 1. The lowest BCUT2D eigenvalue weighted by Crippen LogP contribution is -2.33. The SMILES string of the molecule is CCN(CC)CCCN1C(=O)C(=O)/C(=C(/O)c2c(C)[nH]c(C(=O)OC)c2C)[C@H]1c1ccc(F)cc1. The third-order valence-corrected chi connectivity index (χ3v) is 6.56. The average molecular weight is 486 g/mol. The van der Waals surface area contributed by atoms with E-state index in [1.807, 2.05) is 0 Å². The van der Waals surface area contributed by atoms with Crippen molar-refractivity contribution in [3.8, 4) is 0 Å². The van der Waals surface area contributed by atoms with Crippen LogP contribution in [-0.2, 0) is 14.3 Å². The summed E-state index contributed by atoms with van der Waals surface area (Å²) in [6.45, 7) is 10.1. The van der Waals surface area contributed by atoms with E-state index in [1.165, 1.54) is 36.3 Å². The van der Waals surface area contributed by atoms with E-state index in [4.69, 9.17) is 4.74 Å². The number of H-pyrrole nitrogens is 1. The summed E-state index contributed by atoms with van der Waals surface area (Å²) in [5, 5.41) is 11.4. The van der Waals surface area contributed by atoms with Crippen molar-refractivity contribution in [1.29, 1.82) is 0 Å². The number of halogens is 1. The maximum atomic E-state index is 13.7. The third-order valence-electron chi connectivity index (χ3n) is 6.56. The Balaban J connectivity index is 2.11. The lowest BCUT2D eigenvalue weighted by Gasteiger charge is -2.26. The Kier molecular flexibility index (Phi) is 8.11. The van der Waals surface area contributed by atoms with Crippen LogP contribution in [0.15, 0.2) is 29.8 Å². The monoisotopic (exact) mass is 485 g/mol. The Morgan fingerprint density at radius 1 is 1.17 bits per heavy atom. The molecule has 0 unspecified atom stereocenters. The first-order chi connectivity index (χ1) is 16.7. The van der Waals surface area contributed by atoms with Crippen molar-refractivity contribution in [3.63, 3.8) is 0 Å². The lowest BCUT2D eigenvalue weighted by atomic mass is 9.94. The molecule has 0 aliphatic carbocycles. The number of hydrogen-bond donors (Lipinski definition) is 2. The highest BCUT2D eigenvalue weighted by molar-refractivity contribution is 6.46. The minimum Gasteiger partial charge on any atom is -0.507 e. The van der Waals surface area contributed by atoms with E-state index < -0.39 is 29.5 Å². The second kappa shape index (κ2) is 10.9. The smallest absolute Gasteiger partial charge is 0.354 e. The van der Waals surface area contributed by atoms with Crippen LogP contribution in [-0.4, -0.2) is 70.8 Å². The van der Waals surface area contributed by atoms with Crippen molar-refractivity contribution in [3.05, 3.63) is 63.7 Å². The number of aromatic nitrogens is 1. The van der Waals surface area contributed by atoms with Gasteiger partial charge in [0.15, 0.2) is 0 Å². The quantitative estimate of drug-likeness (QED) is 0.243. The van der Waals surface area contributed by atoms with Gasteiger partial charge >= 0.3 is 5.97 Å². The molecule has 1 aromatic carbocycles. The average Bonchev–Trinajstić information content (AvgIpc) is 3.28. The van der Waals surface area contributed by atoms with Crippen LogP contribution in [0.25, 0.3) is 5.76 Å². The molecule has 0 spiro atoms. The van der Waals surface area contributed by atoms with E-state index in [2.05, 4.69) is 23.7 Å². The maximum absolute atomic E-state index is 13.7. The number of rotatable bonds is 9. The van der Waals surface area contributed by atoms with Gasteiger partial charge in [-0.25, -0.2) is 9.18 Å². The van der Waals surface area contributed by atoms with Gasteiger partial charge in [-0.3, -0.25) is 9.59 Å². The van der Waals surface area contributed by atoms with Gasteiger partial charge in [0.05, 0.1) is 18.7 Å². The minimum atomic E-state index is -0.887. The number of benzene rings is 1. The predicted molar refractivity (Wildman–Crippen MR) is 129 cm³/mol. The fourth-order valence-corrected chi connectivity index (χ4v) is 4.65. The van der Waals surface area contributed by atoms with Crippen LogP contribution in [0.4, 0.5) is 4.39 Å². The number of ether oxygens (including phenoxy) is 1. The van der Waals surface area contributed by atoms with Crippen LogP contribution in [0, 0.1) is 19.7 Å². The van der Waals surface area contributed by atoms with Crippen LogP contribution in [0.1, 0.15) is 59.2 Å². The fourth-order valence-electron chi connectivity index (χ4n) is 4.65. The molecule has 8 nitrogen and oxygen atoms in total. The molecule has 2 heterocycles. The molecular formula is C26H32FN3O5. The zero-order valence-electron chi connectivity index (χ0n) is 20.8. The summed E-state index contributed by atoms with van der Waals surface area (Å²) in [6.07, 6.45) is 0.626. The molecular weight excluding hydrogens is 453 g/mol. The summed E-state index contributed by atoms with van der Waals surface area (Å²) in [6, 6.07) is 4.64. The molecule has 1 fully saturated rings. The van der Waals surface area contributed by atoms with Crippen LogP contribution in [0.2, 0.25) is 0 Å². The summed E-state index contributed by atoms with van der Waals surface area (Å²) < 4.78 is 18.5. The Hall–Kier alpha value is -3.46. The first kappa shape index (κ1) is 26.2. The Morgan fingerprint density at radius 2 is 1.80 bits per heavy atom. The highest BCUT2D eigenvalue weighted by Crippen LogP contribution is 2.41. The molecule has 1 saturated heterocycles. The van der Waals surface area contributed by atoms with Gasteiger partial charge in [-0.05, 0) is 63.2 Å². The molecule has 1 aliphatic rings. The summed E-state index contributed by atoms with van der Waals surface area (Å²) in [7, 11) is 1.25. The fraction of sp³-hybridized carbons (Fsp3) is 0.423. The number of likely N-dealkylation sites (tertiary alicyclic amines) is 1. The van der Waals surface area contributed by atoms with E-state index in [0.29, 0.717) is 29.8 Å². The number of esters is 1. The van der Waals surface area contributed by atoms with Gasteiger partial charge in [0.1, 0.15) is 17.3 Å². The van der Waals surface area contributed by atoms with Crippen LogP contribution in [0.3, 0.4) is 0 Å². The van der Waals surface area contributed by atoms with Gasteiger partial charge in [0.2, 0.25) is 0 Å². The molecule has 1 aromatic heterocycles. The highest BCUT2D eigenvalue weighted by atomic mass is 19.1. The first-order valence-electron chi connectivity index (χ1n) is 11.7. The number of nitrogens with one attached hydrogen (secondary N) is 1. The van der Waals surface area contributed by atoms with Gasteiger partial charge in [0, 0.05) is 17.8 Å². The second-order valence-corrected chi connectivity index (χ2v) is 8.54. The number of Topliss-reactive ketones (excluding diaryl/α,β-unsaturated/α-hetero) is 1. The van der Waals surface area contributed by atoms with Crippen molar-refractivity contribution >= 4 is 23.4 Å². The first-order valence-corrected chi connectivity index (χ1v) is 11.7. The van der Waals surface area contributed by atoms with Crippen LogP contribution in [0.5, 0.6) is 0 Å². The Morgan fingerprint density at radius 3 is 2.37 bits per heavy atom. The van der Waals surface area contributed by atoms with Gasteiger partial charge in [-0.2, -0.15) is 0 Å². The normalized spacial score (nSPS) is 17.5. The number of carbonyl (C=O) groups is 3. The molecule has 188 valence electrons. The Labute approximate surface area is 204 Å². The number of hydrogen-bond acceptors (Lipinski definition) is 6. The van der Waals surface area contributed by atoms with E-state index >= 15 is 0 Å². The third kappa shape index (κ3) is 5.00. The summed E-state index contributed by atoms with van der Waals surface area (Å²) in [5.74, 6) is -2.99. The van der Waals surface area contributed by atoms with E-state index in [-0.39, 0.29) is 22.6 Å². The van der Waals surface area contributed by atoms with E-state index in [1.54, 1.807) is 13.8 Å². The molecule has 1 amide bonds. The number of carbonyl (C=O) groups excluding carboxylic acids is 3. The molecule has 0 radical (unpaired) electrons. The molecule has 3 rings (SSSR count). The van der Waals surface area contributed by atoms with E-state index in [0.717, 1.165) is 19.6 Å². The molecule has 9 heteroatoms. The molecule has 1 aliphatic heterocycles. The second-order valence-electron chi connectivity index (χ2n) is 8.54. The lowest BCUT2D eigenvalue weighted by molar-refractivity contribution is -0.140. The standard InChI is InChI=1S/C26H32FN3O5/c1-6-29(7-2)13-8-14-30-22(17-9-11-18(27)12-10-17)20(24(32)25(30)33)23(31)19-15(3)21(26(34)35-5)28-16(19)4/h9-12,22,28,31H,6-8,13-14H2,1-5H3/b23-20+/t22-/m1/s1. The number of nitrogens with zero attached hydrogens (tertiary/aromatic N) is 2. The molecule has 1 atom stereocenters. The largest absolute Gasteiger partial charge is 0.507 e. The highest BCUT2D eigenvalue weighted by Gasteiger charge is 2.46. The molecule has 0 saturated carbocycles. The zero-order chi connectivity index (χ0) is 25.9. The van der Waals surface area contributed by atoms with Gasteiger partial charge in [-0.15, -0.1) is 0 Å². The minimum absolute atomic E-state index is 0.0916. The van der Waals surface area contributed by atoms with Crippen molar-refractivity contribution < 1.29 is 28.6 Å². The van der Waals surface area contributed by atoms with E-state index in [9.17, 15) is 23.9 Å². The molecule has 0 bridgehead atoms. The number of methoxy groups -OCH3 is 1. The number of aliphatic hydroxyl groups is 1.